The molecule has 9 nitrogen and oxygen atoms in total. The van der Waals surface area contributed by atoms with E-state index < -0.39 is 6.16 Å². The summed E-state index contributed by atoms with van der Waals surface area (Å²) in [5.74, 6) is 1.85. The van der Waals surface area contributed by atoms with Gasteiger partial charge in [-0.2, -0.15) is 0 Å². The van der Waals surface area contributed by atoms with Crippen molar-refractivity contribution in [3.63, 3.8) is 0 Å². The minimum Gasteiger partial charge on any atom is -0.494 e. The van der Waals surface area contributed by atoms with Gasteiger partial charge in [-0.15, -0.1) is 0 Å². The standard InChI is InChI=1S/C24H25N3O6/c1-13(2)31-24(28)33-23-17(12-29-3)22-16-9-14(6-8-19(16)27-20(22)11-26-23)32-15-5-7-18(25)21(10-15)30-4/h5-11,13,27H,12,25H2,1-4H3. The molecule has 0 bridgehead atoms. The van der Waals surface area contributed by atoms with Gasteiger partial charge in [0.05, 0.1) is 42.8 Å². The monoisotopic (exact) mass is 451 g/mol. The average molecular weight is 451 g/mol. The molecule has 4 aromatic rings. The largest absolute Gasteiger partial charge is 0.515 e. The Morgan fingerprint density at radius 1 is 1.09 bits per heavy atom. The number of nitrogens with one attached hydrogen (secondary N) is 1. The van der Waals surface area contributed by atoms with Crippen molar-refractivity contribution in [2.24, 2.45) is 0 Å². The molecule has 0 aliphatic heterocycles. The molecule has 0 saturated carbocycles. The molecule has 0 amide bonds. The third-order valence-corrected chi connectivity index (χ3v) is 4.91. The number of benzene rings is 2. The normalized spacial score (nSPS) is 11.2. The van der Waals surface area contributed by atoms with Crippen molar-refractivity contribution in [1.82, 2.24) is 9.97 Å². The van der Waals surface area contributed by atoms with Crippen molar-refractivity contribution < 1.29 is 28.5 Å². The molecule has 2 aromatic heterocycles. The highest BCUT2D eigenvalue weighted by molar-refractivity contribution is 6.09. The number of carbonyl (C=O) groups excluding carboxylic acids is 1. The molecule has 9 heteroatoms. The van der Waals surface area contributed by atoms with Crippen LogP contribution in [-0.2, 0) is 16.1 Å². The van der Waals surface area contributed by atoms with Crippen LogP contribution in [0.4, 0.5) is 10.5 Å². The Balaban J connectivity index is 1.77. The first-order valence-corrected chi connectivity index (χ1v) is 10.3. The van der Waals surface area contributed by atoms with E-state index in [1.54, 1.807) is 52.5 Å². The average Bonchev–Trinajstić information content (AvgIpc) is 3.14. The van der Waals surface area contributed by atoms with Crippen molar-refractivity contribution in [1.29, 1.82) is 0 Å². The number of pyridine rings is 1. The van der Waals surface area contributed by atoms with Crippen LogP contribution in [0, 0.1) is 0 Å². The zero-order valence-electron chi connectivity index (χ0n) is 18.8. The number of anilines is 1. The van der Waals surface area contributed by atoms with E-state index in [9.17, 15) is 4.79 Å². The molecule has 3 N–H and O–H groups in total. The zero-order valence-corrected chi connectivity index (χ0v) is 18.8. The van der Waals surface area contributed by atoms with E-state index in [0.29, 0.717) is 28.5 Å². The molecule has 2 aromatic carbocycles. The third-order valence-electron chi connectivity index (χ3n) is 4.91. The lowest BCUT2D eigenvalue weighted by atomic mass is 10.1. The van der Waals surface area contributed by atoms with Gasteiger partial charge in [0, 0.05) is 29.5 Å². The molecule has 0 aliphatic carbocycles. The molecular formula is C24H25N3O6. The summed E-state index contributed by atoms with van der Waals surface area (Å²) in [6.45, 7) is 3.67. The zero-order chi connectivity index (χ0) is 23.5. The second-order valence-corrected chi connectivity index (χ2v) is 7.62. The summed E-state index contributed by atoms with van der Waals surface area (Å²) in [7, 11) is 3.11. The number of aromatic amines is 1. The van der Waals surface area contributed by atoms with Gasteiger partial charge in [-0.25, -0.2) is 9.78 Å². The van der Waals surface area contributed by atoms with Crippen LogP contribution < -0.4 is 19.9 Å². The van der Waals surface area contributed by atoms with E-state index in [1.807, 2.05) is 18.2 Å². The molecule has 0 unspecified atom stereocenters. The van der Waals surface area contributed by atoms with E-state index in [0.717, 1.165) is 21.8 Å². The summed E-state index contributed by atoms with van der Waals surface area (Å²) in [4.78, 5) is 19.7. The molecule has 0 atom stereocenters. The summed E-state index contributed by atoms with van der Waals surface area (Å²) >= 11 is 0. The number of hydrogen-bond acceptors (Lipinski definition) is 8. The van der Waals surface area contributed by atoms with E-state index in [4.69, 9.17) is 29.4 Å². The van der Waals surface area contributed by atoms with Crippen LogP contribution in [0.1, 0.15) is 19.4 Å². The highest BCUT2D eigenvalue weighted by atomic mass is 16.7. The third kappa shape index (κ3) is 4.63. The minimum absolute atomic E-state index is 0.130. The Labute approximate surface area is 190 Å². The highest BCUT2D eigenvalue weighted by Gasteiger charge is 2.19. The van der Waals surface area contributed by atoms with Crippen molar-refractivity contribution in [2.45, 2.75) is 26.6 Å². The fraction of sp³-hybridized carbons (Fsp3) is 0.250. The van der Waals surface area contributed by atoms with Gasteiger partial charge < -0.3 is 34.4 Å². The van der Waals surface area contributed by atoms with Gasteiger partial charge in [0.2, 0.25) is 5.88 Å². The van der Waals surface area contributed by atoms with Crippen molar-refractivity contribution in [2.75, 3.05) is 20.0 Å². The Morgan fingerprint density at radius 2 is 1.85 bits per heavy atom. The molecule has 0 spiro atoms. The first kappa shape index (κ1) is 22.2. The Morgan fingerprint density at radius 3 is 2.58 bits per heavy atom. The number of carbonyl (C=O) groups is 1. The lowest BCUT2D eigenvalue weighted by Gasteiger charge is -2.12. The fourth-order valence-electron chi connectivity index (χ4n) is 3.54. The van der Waals surface area contributed by atoms with Gasteiger partial charge in [0.15, 0.2) is 0 Å². The summed E-state index contributed by atoms with van der Waals surface area (Å²) in [6.07, 6.45) is 0.472. The van der Waals surface area contributed by atoms with E-state index >= 15 is 0 Å². The fourth-order valence-corrected chi connectivity index (χ4v) is 3.54. The summed E-state index contributed by atoms with van der Waals surface area (Å²) in [5.41, 5.74) is 8.67. The van der Waals surface area contributed by atoms with E-state index in [2.05, 4.69) is 9.97 Å². The first-order valence-electron chi connectivity index (χ1n) is 10.3. The number of ether oxygens (including phenoxy) is 5. The van der Waals surface area contributed by atoms with Crippen LogP contribution in [0.25, 0.3) is 21.8 Å². The van der Waals surface area contributed by atoms with Crippen LogP contribution in [0.15, 0.2) is 42.6 Å². The summed E-state index contributed by atoms with van der Waals surface area (Å²) in [6, 6.07) is 10.9. The van der Waals surface area contributed by atoms with Gasteiger partial charge in [0.1, 0.15) is 17.2 Å². The maximum absolute atomic E-state index is 12.1. The molecule has 0 radical (unpaired) electrons. The highest BCUT2D eigenvalue weighted by Crippen LogP contribution is 2.36. The maximum atomic E-state index is 12.1. The number of nitrogens with zero attached hydrogens (tertiary/aromatic N) is 1. The number of nitrogens with two attached hydrogens (primary N) is 1. The van der Waals surface area contributed by atoms with Gasteiger partial charge in [-0.3, -0.25) is 0 Å². The van der Waals surface area contributed by atoms with Crippen molar-refractivity contribution in [3.05, 3.63) is 48.2 Å². The maximum Gasteiger partial charge on any atom is 0.515 e. The molecule has 2 heterocycles. The van der Waals surface area contributed by atoms with Crippen LogP contribution in [0.2, 0.25) is 0 Å². The SMILES string of the molecule is COCc1c(OC(=O)OC(C)C)ncc2[nH]c3ccc(Oc4ccc(N)c(OC)c4)cc3c12. The molecule has 0 aliphatic rings. The number of methoxy groups -OCH3 is 2. The van der Waals surface area contributed by atoms with Crippen molar-refractivity contribution >= 4 is 33.6 Å². The predicted octanol–water partition coefficient (Wildman–Crippen LogP) is 5.17. The summed E-state index contributed by atoms with van der Waals surface area (Å²) in [5, 5.41) is 1.68. The van der Waals surface area contributed by atoms with Crippen molar-refractivity contribution in [3.8, 4) is 23.1 Å². The molecule has 172 valence electrons. The quantitative estimate of drug-likeness (QED) is 0.292. The molecule has 0 saturated heterocycles. The number of H-pyrrole nitrogens is 1. The van der Waals surface area contributed by atoms with Gasteiger partial charge >= 0.3 is 6.16 Å². The van der Waals surface area contributed by atoms with Crippen LogP contribution in [-0.4, -0.2) is 36.4 Å². The number of rotatable bonds is 7. The number of nitrogen functional groups attached to an aromatic ring is 1. The molecular weight excluding hydrogens is 426 g/mol. The number of aromatic nitrogens is 2. The van der Waals surface area contributed by atoms with Gasteiger partial charge in [0.25, 0.3) is 0 Å². The smallest absolute Gasteiger partial charge is 0.494 e. The van der Waals surface area contributed by atoms with Crippen LogP contribution in [0.3, 0.4) is 0 Å². The lowest BCUT2D eigenvalue weighted by Crippen LogP contribution is -2.17. The topological polar surface area (TPSA) is 118 Å². The van der Waals surface area contributed by atoms with E-state index in [-0.39, 0.29) is 18.6 Å². The van der Waals surface area contributed by atoms with Crippen LogP contribution in [0.5, 0.6) is 23.1 Å². The number of fused-ring (bicyclic) bond motifs is 3. The Kier molecular flexibility index (Phi) is 6.23. The molecule has 0 fully saturated rings. The molecule has 4 rings (SSSR count). The Hall–Kier alpha value is -3.98. The van der Waals surface area contributed by atoms with Gasteiger partial charge in [-0.1, -0.05) is 0 Å². The van der Waals surface area contributed by atoms with Crippen LogP contribution >= 0.6 is 0 Å². The van der Waals surface area contributed by atoms with E-state index in [1.165, 1.54) is 0 Å². The second-order valence-electron chi connectivity index (χ2n) is 7.62. The minimum atomic E-state index is -0.824. The second kappa shape index (κ2) is 9.25. The lowest BCUT2D eigenvalue weighted by molar-refractivity contribution is 0.0705. The predicted molar refractivity (Wildman–Crippen MR) is 124 cm³/mol. The Bertz CT molecular complexity index is 1310. The van der Waals surface area contributed by atoms with Gasteiger partial charge in [-0.05, 0) is 44.2 Å². The number of hydrogen-bond donors (Lipinski definition) is 2. The molecule has 33 heavy (non-hydrogen) atoms. The summed E-state index contributed by atoms with van der Waals surface area (Å²) < 4.78 is 27.2. The first-order chi connectivity index (χ1) is 15.9.